The Morgan fingerprint density at radius 2 is 1.45 bits per heavy atom. The molecule has 2 saturated carbocycles. The van der Waals surface area contributed by atoms with Crippen molar-refractivity contribution in [2.75, 3.05) is 0 Å². The van der Waals surface area contributed by atoms with Gasteiger partial charge in [0.1, 0.15) is 0 Å². The van der Waals surface area contributed by atoms with Crippen molar-refractivity contribution in [1.29, 1.82) is 0 Å². The van der Waals surface area contributed by atoms with Crippen molar-refractivity contribution in [3.8, 4) is 0 Å². The zero-order chi connectivity index (χ0) is 14.4. The SMILES string of the molecule is CC(N)CCC(=O)N(C1CCCCC1)C1CCCCC1. The van der Waals surface area contributed by atoms with E-state index in [0.29, 0.717) is 24.4 Å². The summed E-state index contributed by atoms with van der Waals surface area (Å²) in [5.74, 6) is 0.376. The van der Waals surface area contributed by atoms with Gasteiger partial charge in [0.2, 0.25) is 5.91 Å². The van der Waals surface area contributed by atoms with Crippen LogP contribution >= 0.6 is 0 Å². The molecule has 116 valence electrons. The molecule has 0 radical (unpaired) electrons. The van der Waals surface area contributed by atoms with Gasteiger partial charge >= 0.3 is 0 Å². The fourth-order valence-electron chi connectivity index (χ4n) is 3.90. The molecule has 2 aliphatic carbocycles. The number of hydrogen-bond acceptors (Lipinski definition) is 2. The maximum absolute atomic E-state index is 12.7. The summed E-state index contributed by atoms with van der Waals surface area (Å²) in [7, 11) is 0. The van der Waals surface area contributed by atoms with Crippen LogP contribution in [0.25, 0.3) is 0 Å². The van der Waals surface area contributed by atoms with Crippen molar-refractivity contribution in [3.05, 3.63) is 0 Å². The highest BCUT2D eigenvalue weighted by atomic mass is 16.2. The second kappa shape index (κ2) is 8.02. The Labute approximate surface area is 124 Å². The first-order chi connectivity index (χ1) is 9.68. The van der Waals surface area contributed by atoms with Crippen molar-refractivity contribution >= 4 is 5.91 Å². The lowest BCUT2D eigenvalue weighted by Crippen LogP contribution is -2.49. The van der Waals surface area contributed by atoms with E-state index in [0.717, 1.165) is 6.42 Å². The molecule has 0 saturated heterocycles. The van der Waals surface area contributed by atoms with E-state index in [1.165, 1.54) is 64.2 Å². The van der Waals surface area contributed by atoms with Crippen molar-refractivity contribution in [3.63, 3.8) is 0 Å². The van der Waals surface area contributed by atoms with E-state index in [1.807, 2.05) is 6.92 Å². The van der Waals surface area contributed by atoms with E-state index in [4.69, 9.17) is 5.73 Å². The van der Waals surface area contributed by atoms with Gasteiger partial charge in [0.05, 0.1) is 0 Å². The van der Waals surface area contributed by atoms with Gasteiger partial charge in [-0.2, -0.15) is 0 Å². The first-order valence-corrected chi connectivity index (χ1v) is 8.75. The Hall–Kier alpha value is -0.570. The zero-order valence-electron chi connectivity index (χ0n) is 13.2. The number of hydrogen-bond donors (Lipinski definition) is 1. The third-order valence-corrected chi connectivity index (χ3v) is 5.04. The fraction of sp³-hybridized carbons (Fsp3) is 0.941. The summed E-state index contributed by atoms with van der Waals surface area (Å²) in [6.07, 6.45) is 14.3. The monoisotopic (exact) mass is 280 g/mol. The molecule has 2 N–H and O–H groups in total. The molecule has 2 aliphatic rings. The molecule has 0 aromatic heterocycles. The normalized spacial score (nSPS) is 23.5. The van der Waals surface area contributed by atoms with Gasteiger partial charge in [-0.3, -0.25) is 4.79 Å². The molecule has 2 fully saturated rings. The van der Waals surface area contributed by atoms with Crippen LogP contribution in [0.2, 0.25) is 0 Å². The summed E-state index contributed by atoms with van der Waals surface area (Å²) in [5.41, 5.74) is 5.83. The van der Waals surface area contributed by atoms with Crippen LogP contribution in [0, 0.1) is 0 Å². The molecule has 20 heavy (non-hydrogen) atoms. The smallest absolute Gasteiger partial charge is 0.223 e. The largest absolute Gasteiger partial charge is 0.337 e. The van der Waals surface area contributed by atoms with Gasteiger partial charge in [-0.05, 0) is 39.0 Å². The molecule has 0 heterocycles. The minimum atomic E-state index is 0.138. The fourth-order valence-corrected chi connectivity index (χ4v) is 3.90. The molecule has 1 atom stereocenters. The number of carbonyl (C=O) groups is 1. The molecule has 2 rings (SSSR count). The predicted octanol–water partition coefficient (Wildman–Crippen LogP) is 3.61. The molecule has 1 amide bonds. The summed E-state index contributed by atoms with van der Waals surface area (Å²) < 4.78 is 0. The Kier molecular flexibility index (Phi) is 6.34. The highest BCUT2D eigenvalue weighted by molar-refractivity contribution is 5.77. The molecule has 1 unspecified atom stereocenters. The molecular formula is C17H32N2O. The van der Waals surface area contributed by atoms with Gasteiger partial charge in [-0.25, -0.2) is 0 Å². The zero-order valence-corrected chi connectivity index (χ0v) is 13.2. The summed E-state index contributed by atoms with van der Waals surface area (Å²) >= 11 is 0. The Balaban J connectivity index is 1.99. The average molecular weight is 280 g/mol. The van der Waals surface area contributed by atoms with Crippen LogP contribution in [0.1, 0.15) is 84.0 Å². The van der Waals surface area contributed by atoms with Gasteiger partial charge in [0.15, 0.2) is 0 Å². The Morgan fingerprint density at radius 1 is 1.00 bits per heavy atom. The molecule has 0 aromatic carbocycles. The summed E-state index contributed by atoms with van der Waals surface area (Å²) in [4.78, 5) is 15.0. The number of amides is 1. The quantitative estimate of drug-likeness (QED) is 0.836. The topological polar surface area (TPSA) is 46.3 Å². The van der Waals surface area contributed by atoms with E-state index in [9.17, 15) is 4.79 Å². The maximum Gasteiger partial charge on any atom is 0.223 e. The number of nitrogens with zero attached hydrogens (tertiary/aromatic N) is 1. The van der Waals surface area contributed by atoms with Crippen LogP contribution in [0.15, 0.2) is 0 Å². The standard InChI is InChI=1S/C17H32N2O/c1-14(18)12-13-17(20)19(15-8-4-2-5-9-15)16-10-6-3-7-11-16/h14-16H,2-13,18H2,1H3. The highest BCUT2D eigenvalue weighted by Crippen LogP contribution is 2.30. The van der Waals surface area contributed by atoms with Crippen molar-refractivity contribution < 1.29 is 4.79 Å². The van der Waals surface area contributed by atoms with Gasteiger partial charge in [-0.1, -0.05) is 38.5 Å². The van der Waals surface area contributed by atoms with Crippen LogP contribution in [0.5, 0.6) is 0 Å². The minimum absolute atomic E-state index is 0.138. The number of nitrogens with two attached hydrogens (primary N) is 1. The van der Waals surface area contributed by atoms with Gasteiger partial charge in [-0.15, -0.1) is 0 Å². The van der Waals surface area contributed by atoms with Gasteiger partial charge in [0.25, 0.3) is 0 Å². The van der Waals surface area contributed by atoms with E-state index >= 15 is 0 Å². The summed E-state index contributed by atoms with van der Waals surface area (Å²) in [5, 5.41) is 0. The maximum atomic E-state index is 12.7. The second-order valence-electron chi connectivity index (χ2n) is 6.90. The van der Waals surface area contributed by atoms with E-state index < -0.39 is 0 Å². The summed E-state index contributed by atoms with van der Waals surface area (Å²) in [6, 6.07) is 1.18. The molecule has 3 heteroatoms. The second-order valence-corrected chi connectivity index (χ2v) is 6.90. The minimum Gasteiger partial charge on any atom is -0.337 e. The van der Waals surface area contributed by atoms with Crippen molar-refractivity contribution in [2.24, 2.45) is 5.73 Å². The van der Waals surface area contributed by atoms with Gasteiger partial charge in [0, 0.05) is 24.5 Å². The Morgan fingerprint density at radius 3 is 1.85 bits per heavy atom. The number of rotatable bonds is 5. The molecular weight excluding hydrogens is 248 g/mol. The first kappa shape index (κ1) is 15.8. The highest BCUT2D eigenvalue weighted by Gasteiger charge is 2.31. The van der Waals surface area contributed by atoms with Crippen molar-refractivity contribution in [2.45, 2.75) is 102 Å². The van der Waals surface area contributed by atoms with E-state index in [1.54, 1.807) is 0 Å². The first-order valence-electron chi connectivity index (χ1n) is 8.75. The van der Waals surface area contributed by atoms with Crippen LogP contribution in [-0.2, 0) is 4.79 Å². The lowest BCUT2D eigenvalue weighted by molar-refractivity contribution is -0.138. The van der Waals surface area contributed by atoms with E-state index in [-0.39, 0.29) is 6.04 Å². The van der Waals surface area contributed by atoms with Crippen LogP contribution in [0.3, 0.4) is 0 Å². The van der Waals surface area contributed by atoms with Crippen LogP contribution in [-0.4, -0.2) is 28.9 Å². The lowest BCUT2D eigenvalue weighted by Gasteiger charge is -2.42. The van der Waals surface area contributed by atoms with Crippen molar-refractivity contribution in [1.82, 2.24) is 4.90 Å². The predicted molar refractivity (Wildman–Crippen MR) is 83.5 cm³/mol. The van der Waals surface area contributed by atoms with E-state index in [2.05, 4.69) is 4.90 Å². The summed E-state index contributed by atoms with van der Waals surface area (Å²) in [6.45, 7) is 2.00. The Bertz CT molecular complexity index is 273. The third-order valence-electron chi connectivity index (χ3n) is 5.04. The molecule has 0 spiro atoms. The lowest BCUT2D eigenvalue weighted by atomic mass is 9.88. The third kappa shape index (κ3) is 4.47. The molecule has 0 aromatic rings. The molecule has 3 nitrogen and oxygen atoms in total. The van der Waals surface area contributed by atoms with Gasteiger partial charge < -0.3 is 10.6 Å². The van der Waals surface area contributed by atoms with Crippen LogP contribution < -0.4 is 5.73 Å². The molecule has 0 aliphatic heterocycles. The average Bonchev–Trinajstić information content (AvgIpc) is 2.48. The van der Waals surface area contributed by atoms with Crippen LogP contribution in [0.4, 0.5) is 0 Å². The molecule has 0 bridgehead atoms. The number of carbonyl (C=O) groups excluding carboxylic acids is 1.